The van der Waals surface area contributed by atoms with Crippen LogP contribution >= 0.6 is 11.8 Å². The predicted molar refractivity (Wildman–Crippen MR) is 109 cm³/mol. The molecule has 0 spiro atoms. The lowest BCUT2D eigenvalue weighted by Crippen LogP contribution is -2.44. The molecule has 1 N–H and O–H groups in total. The van der Waals surface area contributed by atoms with E-state index < -0.39 is 0 Å². The Kier molecular flexibility index (Phi) is 4.95. The lowest BCUT2D eigenvalue weighted by Gasteiger charge is -2.33. The molecule has 1 fully saturated rings. The van der Waals surface area contributed by atoms with Crippen LogP contribution in [0.1, 0.15) is 0 Å². The third kappa shape index (κ3) is 3.34. The summed E-state index contributed by atoms with van der Waals surface area (Å²) in [5, 5.41) is 8.02. The molecule has 134 valence electrons. The Bertz CT molecular complexity index is 852. The fourth-order valence-corrected chi connectivity index (χ4v) is 3.75. The van der Waals surface area contributed by atoms with E-state index in [0.29, 0.717) is 0 Å². The van der Waals surface area contributed by atoms with E-state index in [4.69, 9.17) is 5.10 Å². The molecule has 0 amide bonds. The summed E-state index contributed by atoms with van der Waals surface area (Å²) in [5.41, 5.74) is 4.53. The second-order valence-corrected chi connectivity index (χ2v) is 7.43. The molecule has 3 aromatic rings. The third-order valence-corrected chi connectivity index (χ3v) is 5.64. The largest absolute Gasteiger partial charge is 0.352 e. The first kappa shape index (κ1) is 17.1. The van der Waals surface area contributed by atoms with Gasteiger partial charge in [-0.05, 0) is 43.1 Å². The number of likely N-dealkylation sites (N-methyl/N-ethyl adjacent to an activating group) is 1. The highest BCUT2D eigenvalue weighted by atomic mass is 32.2. The maximum atomic E-state index is 4.72. The van der Waals surface area contributed by atoms with E-state index in [1.54, 1.807) is 11.8 Å². The van der Waals surface area contributed by atoms with Gasteiger partial charge in [-0.2, -0.15) is 5.10 Å². The van der Waals surface area contributed by atoms with Crippen LogP contribution < -0.4 is 4.90 Å². The first-order valence-corrected chi connectivity index (χ1v) is 10.1. The number of rotatable bonds is 4. The highest BCUT2D eigenvalue weighted by Gasteiger charge is 2.23. The zero-order valence-corrected chi connectivity index (χ0v) is 16.0. The second-order valence-electron chi connectivity index (χ2n) is 6.55. The average molecular weight is 366 g/mol. The van der Waals surface area contributed by atoms with Crippen LogP contribution in [0.2, 0.25) is 0 Å². The van der Waals surface area contributed by atoms with Crippen molar-refractivity contribution in [3.63, 3.8) is 0 Å². The number of hydrogen-bond donors (Lipinski definition) is 1. The average Bonchev–Trinajstić information content (AvgIpc) is 3.14. The quantitative estimate of drug-likeness (QED) is 0.716. The van der Waals surface area contributed by atoms with Crippen LogP contribution in [0.3, 0.4) is 0 Å². The van der Waals surface area contributed by atoms with Crippen LogP contribution in [0.5, 0.6) is 0 Å². The van der Waals surface area contributed by atoms with Gasteiger partial charge in [0.05, 0.1) is 11.3 Å². The molecule has 0 bridgehead atoms. The molecule has 1 saturated heterocycles. The van der Waals surface area contributed by atoms with Crippen molar-refractivity contribution in [3.8, 4) is 22.4 Å². The molecule has 1 aromatic carbocycles. The van der Waals surface area contributed by atoms with Gasteiger partial charge in [-0.1, -0.05) is 12.1 Å². The number of nitrogens with zero attached hydrogens (tertiary/aromatic N) is 4. The summed E-state index contributed by atoms with van der Waals surface area (Å²) in [7, 11) is 2.17. The van der Waals surface area contributed by atoms with Gasteiger partial charge in [0.25, 0.3) is 0 Å². The van der Waals surface area contributed by atoms with Crippen molar-refractivity contribution in [2.45, 2.75) is 4.90 Å². The Morgan fingerprint density at radius 1 is 0.923 bits per heavy atom. The summed E-state index contributed by atoms with van der Waals surface area (Å²) in [5.74, 6) is 1.04. The normalized spacial score (nSPS) is 15.4. The number of piperazine rings is 1. The van der Waals surface area contributed by atoms with E-state index in [2.05, 4.69) is 69.6 Å². The number of aromatic nitrogens is 3. The Morgan fingerprint density at radius 2 is 1.62 bits per heavy atom. The van der Waals surface area contributed by atoms with Crippen LogP contribution in [0.25, 0.3) is 22.4 Å². The van der Waals surface area contributed by atoms with Gasteiger partial charge >= 0.3 is 0 Å². The number of hydrogen-bond acceptors (Lipinski definition) is 5. The molecular formula is C20H23N5S. The SMILES string of the molecule is CSc1ccc(-c2[nH]nc(N3CCN(C)CC3)c2-c2ccncc2)cc1. The first-order chi connectivity index (χ1) is 12.8. The molecule has 4 rings (SSSR count). The maximum absolute atomic E-state index is 4.72. The van der Waals surface area contributed by atoms with E-state index in [-0.39, 0.29) is 0 Å². The number of aromatic amines is 1. The predicted octanol–water partition coefficient (Wildman–Crippen LogP) is 3.61. The van der Waals surface area contributed by atoms with Crippen LogP contribution in [0.15, 0.2) is 53.7 Å². The van der Waals surface area contributed by atoms with Crippen molar-refractivity contribution in [2.75, 3.05) is 44.4 Å². The molecule has 0 saturated carbocycles. The van der Waals surface area contributed by atoms with Crippen molar-refractivity contribution in [1.29, 1.82) is 0 Å². The van der Waals surface area contributed by atoms with Crippen LogP contribution in [0.4, 0.5) is 5.82 Å². The number of anilines is 1. The summed E-state index contributed by atoms with van der Waals surface area (Å²) >= 11 is 1.75. The minimum Gasteiger partial charge on any atom is -0.352 e. The Balaban J connectivity index is 1.79. The lowest BCUT2D eigenvalue weighted by molar-refractivity contribution is 0.312. The minimum atomic E-state index is 0.990. The van der Waals surface area contributed by atoms with Gasteiger partial charge in [0, 0.05) is 49.0 Å². The van der Waals surface area contributed by atoms with E-state index in [9.17, 15) is 0 Å². The smallest absolute Gasteiger partial charge is 0.159 e. The van der Waals surface area contributed by atoms with Gasteiger partial charge in [0.2, 0.25) is 0 Å². The molecule has 26 heavy (non-hydrogen) atoms. The van der Waals surface area contributed by atoms with E-state index >= 15 is 0 Å². The monoisotopic (exact) mass is 365 g/mol. The molecule has 3 heterocycles. The maximum Gasteiger partial charge on any atom is 0.159 e. The van der Waals surface area contributed by atoms with Crippen LogP contribution in [-0.2, 0) is 0 Å². The Labute approximate surface area is 158 Å². The summed E-state index contributed by atoms with van der Waals surface area (Å²) in [6, 6.07) is 12.8. The lowest BCUT2D eigenvalue weighted by atomic mass is 10.0. The minimum absolute atomic E-state index is 0.990. The van der Waals surface area contributed by atoms with Crippen molar-refractivity contribution in [2.24, 2.45) is 0 Å². The number of benzene rings is 1. The topological polar surface area (TPSA) is 48.1 Å². The molecule has 2 aromatic heterocycles. The third-order valence-electron chi connectivity index (χ3n) is 4.90. The second kappa shape index (κ2) is 7.51. The molecule has 6 heteroatoms. The molecule has 5 nitrogen and oxygen atoms in total. The summed E-state index contributed by atoms with van der Waals surface area (Å²) in [4.78, 5) is 10.2. The Morgan fingerprint density at radius 3 is 2.27 bits per heavy atom. The van der Waals surface area contributed by atoms with Crippen molar-refractivity contribution in [3.05, 3.63) is 48.8 Å². The van der Waals surface area contributed by atoms with Gasteiger partial charge in [-0.3, -0.25) is 10.1 Å². The van der Waals surface area contributed by atoms with Gasteiger partial charge in [0.15, 0.2) is 5.82 Å². The van der Waals surface area contributed by atoms with Crippen molar-refractivity contribution >= 4 is 17.6 Å². The zero-order valence-electron chi connectivity index (χ0n) is 15.1. The van der Waals surface area contributed by atoms with E-state index in [1.165, 1.54) is 4.90 Å². The molecule has 0 atom stereocenters. The molecule has 0 unspecified atom stereocenters. The fraction of sp³-hybridized carbons (Fsp3) is 0.300. The summed E-state index contributed by atoms with van der Waals surface area (Å²) in [6.45, 7) is 4.09. The highest BCUT2D eigenvalue weighted by Crippen LogP contribution is 2.38. The number of nitrogens with one attached hydrogen (secondary N) is 1. The highest BCUT2D eigenvalue weighted by molar-refractivity contribution is 7.98. The molecular weight excluding hydrogens is 342 g/mol. The number of H-pyrrole nitrogens is 1. The molecule has 1 aliphatic rings. The van der Waals surface area contributed by atoms with Crippen molar-refractivity contribution < 1.29 is 0 Å². The zero-order chi connectivity index (χ0) is 17.9. The van der Waals surface area contributed by atoms with Crippen LogP contribution in [0, 0.1) is 0 Å². The van der Waals surface area contributed by atoms with Gasteiger partial charge in [-0.25, -0.2) is 0 Å². The Hall–Kier alpha value is -2.31. The summed E-state index contributed by atoms with van der Waals surface area (Å²) in [6.07, 6.45) is 5.78. The summed E-state index contributed by atoms with van der Waals surface area (Å²) < 4.78 is 0. The molecule has 1 aliphatic heterocycles. The molecule has 0 radical (unpaired) electrons. The first-order valence-electron chi connectivity index (χ1n) is 8.83. The molecule has 0 aliphatic carbocycles. The number of pyridine rings is 1. The van der Waals surface area contributed by atoms with Gasteiger partial charge in [0.1, 0.15) is 0 Å². The fourth-order valence-electron chi connectivity index (χ4n) is 3.34. The number of thioether (sulfide) groups is 1. The van der Waals surface area contributed by atoms with Crippen LogP contribution in [-0.4, -0.2) is 59.6 Å². The van der Waals surface area contributed by atoms with Crippen molar-refractivity contribution in [1.82, 2.24) is 20.1 Å². The van der Waals surface area contributed by atoms with Gasteiger partial charge in [-0.15, -0.1) is 11.8 Å². The van der Waals surface area contributed by atoms with Gasteiger partial charge < -0.3 is 9.80 Å². The standard InChI is InChI=1S/C20H23N5S/c1-24-11-13-25(14-12-24)20-18(15-7-9-21-10-8-15)19(22-23-20)16-3-5-17(26-2)6-4-16/h3-10H,11-14H2,1-2H3,(H,22,23). The van der Waals surface area contributed by atoms with E-state index in [0.717, 1.165) is 54.4 Å². The van der Waals surface area contributed by atoms with E-state index in [1.807, 2.05) is 12.4 Å².